The second kappa shape index (κ2) is 9.56. The lowest BCUT2D eigenvalue weighted by Gasteiger charge is -2.47. The predicted octanol–water partition coefficient (Wildman–Crippen LogP) is 5.14. The summed E-state index contributed by atoms with van der Waals surface area (Å²) in [6.45, 7) is 10.5. The fourth-order valence-corrected chi connectivity index (χ4v) is 6.45. The van der Waals surface area contributed by atoms with Crippen LogP contribution < -0.4 is 11.2 Å². The molecular formula is C26H43N3O2. The molecule has 3 aliphatic carbocycles. The van der Waals surface area contributed by atoms with Crippen LogP contribution in [0.15, 0.2) is 16.8 Å². The smallest absolute Gasteiger partial charge is 0.257 e. The Kier molecular flexibility index (Phi) is 7.45. The number of allylic oxidation sites excluding steroid dienone is 2. The molecular weight excluding hydrogens is 386 g/mol. The number of carbonyl (C=O) groups is 2. The summed E-state index contributed by atoms with van der Waals surface area (Å²) < 4.78 is 0. The number of amides is 1. The quantitative estimate of drug-likeness (QED) is 0.549. The van der Waals surface area contributed by atoms with Crippen LogP contribution >= 0.6 is 0 Å². The van der Waals surface area contributed by atoms with Crippen LogP contribution in [0.1, 0.15) is 98.8 Å². The molecule has 2 fully saturated rings. The Bertz CT molecular complexity index is 756. The van der Waals surface area contributed by atoms with Gasteiger partial charge in [0.15, 0.2) is 0 Å². The van der Waals surface area contributed by atoms with Crippen molar-refractivity contribution in [2.24, 2.45) is 39.4 Å². The molecule has 0 aliphatic heterocycles. The van der Waals surface area contributed by atoms with Crippen molar-refractivity contribution in [1.82, 2.24) is 5.43 Å². The maximum Gasteiger partial charge on any atom is 0.257 e. The number of hydrazone groups is 1. The summed E-state index contributed by atoms with van der Waals surface area (Å²) in [5, 5.41) is 4.41. The Balaban J connectivity index is 1.67. The number of Topliss-reactive ketones (excluding diaryl/α,β-unsaturated/α-hetero) is 1. The third-order valence-electron chi connectivity index (χ3n) is 8.84. The molecule has 0 spiro atoms. The maximum atomic E-state index is 12.2. The van der Waals surface area contributed by atoms with E-state index in [1.165, 1.54) is 37.7 Å². The van der Waals surface area contributed by atoms with E-state index in [9.17, 15) is 9.59 Å². The van der Waals surface area contributed by atoms with Gasteiger partial charge in [-0.3, -0.25) is 9.59 Å². The van der Waals surface area contributed by atoms with E-state index in [2.05, 4.69) is 30.5 Å². The van der Waals surface area contributed by atoms with Crippen LogP contribution in [0.4, 0.5) is 0 Å². The molecule has 0 aromatic heterocycles. The van der Waals surface area contributed by atoms with Crippen LogP contribution in [0.3, 0.4) is 0 Å². The number of hydrogen-bond acceptors (Lipinski definition) is 4. The summed E-state index contributed by atoms with van der Waals surface area (Å²) in [5.41, 5.74) is 11.5. The molecule has 174 valence electrons. The lowest BCUT2D eigenvalue weighted by atomic mass is 9.57. The molecule has 5 atom stereocenters. The minimum absolute atomic E-state index is 0.0941. The first kappa shape index (κ1) is 24.2. The van der Waals surface area contributed by atoms with Crippen molar-refractivity contribution >= 4 is 17.4 Å². The van der Waals surface area contributed by atoms with Crippen molar-refractivity contribution < 1.29 is 9.59 Å². The summed E-state index contributed by atoms with van der Waals surface area (Å²) in [4.78, 5) is 24.3. The zero-order valence-electron chi connectivity index (χ0n) is 20.3. The molecule has 3 N–H and O–H groups in total. The van der Waals surface area contributed by atoms with Crippen molar-refractivity contribution in [2.75, 3.05) is 0 Å². The fraction of sp³-hybridized carbons (Fsp3) is 0.808. The monoisotopic (exact) mass is 429 g/mol. The topological polar surface area (TPSA) is 84.5 Å². The van der Waals surface area contributed by atoms with Gasteiger partial charge in [-0.1, -0.05) is 39.7 Å². The minimum atomic E-state index is -0.527. The Morgan fingerprint density at radius 1 is 1.19 bits per heavy atom. The molecule has 0 heterocycles. The number of hydrogen-bond donors (Lipinski definition) is 2. The molecule has 5 nitrogen and oxygen atoms in total. The molecule has 0 bridgehead atoms. The highest BCUT2D eigenvalue weighted by Crippen LogP contribution is 2.54. The van der Waals surface area contributed by atoms with E-state index >= 15 is 0 Å². The largest absolute Gasteiger partial charge is 0.320 e. The van der Waals surface area contributed by atoms with Crippen LogP contribution in [0, 0.1) is 28.6 Å². The van der Waals surface area contributed by atoms with E-state index in [-0.39, 0.29) is 28.6 Å². The first-order chi connectivity index (χ1) is 14.6. The Labute approximate surface area is 188 Å². The molecule has 0 aromatic carbocycles. The van der Waals surface area contributed by atoms with Crippen LogP contribution in [0.5, 0.6) is 0 Å². The van der Waals surface area contributed by atoms with Gasteiger partial charge in [-0.05, 0) is 93.5 Å². The second-order valence-electron chi connectivity index (χ2n) is 11.3. The number of fused-ring (bicyclic) bond motifs is 1. The standard InChI is InChI=1S/C26H43N3O2/c1-17(2)23(27)24(31)29-28-21-12-15-26(5)19(8-6-9-20(26)16-21)11-14-25(4)13-7-10-22(25)18(3)30/h16-17,19,22-23H,6-15,27H2,1-5H3,(H,29,31). The third kappa shape index (κ3) is 5.13. The SMILES string of the molecule is CC(=O)C1CCCC1(C)CCC1CCCC2=CC(=NNC(=O)C(N)C(C)C)CCC21C. The van der Waals surface area contributed by atoms with Gasteiger partial charge in [0.25, 0.3) is 5.91 Å². The number of nitrogens with zero attached hydrogens (tertiary/aromatic N) is 1. The van der Waals surface area contributed by atoms with Gasteiger partial charge in [0, 0.05) is 5.92 Å². The Morgan fingerprint density at radius 2 is 1.94 bits per heavy atom. The van der Waals surface area contributed by atoms with Gasteiger partial charge in [-0.2, -0.15) is 5.10 Å². The lowest BCUT2D eigenvalue weighted by molar-refractivity contribution is -0.124. The van der Waals surface area contributed by atoms with Crippen LogP contribution in [-0.2, 0) is 9.59 Å². The predicted molar refractivity (Wildman–Crippen MR) is 127 cm³/mol. The first-order valence-electron chi connectivity index (χ1n) is 12.4. The summed E-state index contributed by atoms with van der Waals surface area (Å²) in [5.74, 6) is 1.19. The molecule has 2 saturated carbocycles. The number of nitrogens with one attached hydrogen (secondary N) is 1. The Hall–Kier alpha value is -1.49. The van der Waals surface area contributed by atoms with Crippen molar-refractivity contribution in [2.45, 2.75) is 105 Å². The van der Waals surface area contributed by atoms with E-state index in [0.29, 0.717) is 11.7 Å². The number of rotatable bonds is 7. The molecule has 3 rings (SSSR count). The van der Waals surface area contributed by atoms with Crippen LogP contribution in [0.25, 0.3) is 0 Å². The highest BCUT2D eigenvalue weighted by atomic mass is 16.2. The molecule has 0 saturated heterocycles. The summed E-state index contributed by atoms with van der Waals surface area (Å²) >= 11 is 0. The van der Waals surface area contributed by atoms with Crippen molar-refractivity contribution in [3.05, 3.63) is 11.6 Å². The highest BCUT2D eigenvalue weighted by Gasteiger charge is 2.45. The fourth-order valence-electron chi connectivity index (χ4n) is 6.45. The number of nitrogens with two attached hydrogens (primary N) is 1. The highest BCUT2D eigenvalue weighted by molar-refractivity contribution is 5.97. The van der Waals surface area contributed by atoms with Gasteiger partial charge in [0.1, 0.15) is 5.78 Å². The zero-order chi connectivity index (χ0) is 22.8. The molecule has 1 amide bonds. The van der Waals surface area contributed by atoms with Gasteiger partial charge >= 0.3 is 0 Å². The minimum Gasteiger partial charge on any atom is -0.320 e. The molecule has 0 radical (unpaired) electrons. The second-order valence-corrected chi connectivity index (χ2v) is 11.3. The van der Waals surface area contributed by atoms with Crippen molar-refractivity contribution in [3.63, 3.8) is 0 Å². The summed E-state index contributed by atoms with van der Waals surface area (Å²) in [6.07, 6.45) is 13.7. The van der Waals surface area contributed by atoms with Crippen molar-refractivity contribution in [1.29, 1.82) is 0 Å². The van der Waals surface area contributed by atoms with Crippen LogP contribution in [-0.4, -0.2) is 23.4 Å². The summed E-state index contributed by atoms with van der Waals surface area (Å²) in [7, 11) is 0. The van der Waals surface area contributed by atoms with E-state index in [0.717, 1.165) is 37.8 Å². The van der Waals surface area contributed by atoms with Gasteiger partial charge in [-0.25, -0.2) is 5.43 Å². The maximum absolute atomic E-state index is 12.2. The van der Waals surface area contributed by atoms with E-state index in [4.69, 9.17) is 5.73 Å². The van der Waals surface area contributed by atoms with Gasteiger partial charge in [-0.15, -0.1) is 0 Å². The average Bonchev–Trinajstić information content (AvgIpc) is 3.11. The average molecular weight is 430 g/mol. The normalized spacial score (nSPS) is 35.6. The summed E-state index contributed by atoms with van der Waals surface area (Å²) in [6, 6.07) is -0.527. The molecule has 31 heavy (non-hydrogen) atoms. The zero-order valence-corrected chi connectivity index (χ0v) is 20.3. The van der Waals surface area contributed by atoms with Crippen LogP contribution in [0.2, 0.25) is 0 Å². The first-order valence-corrected chi connectivity index (χ1v) is 12.4. The third-order valence-corrected chi connectivity index (χ3v) is 8.84. The van der Waals surface area contributed by atoms with Gasteiger partial charge < -0.3 is 5.73 Å². The number of carbonyl (C=O) groups excluding carboxylic acids is 2. The van der Waals surface area contributed by atoms with E-state index in [1.807, 2.05) is 13.8 Å². The molecule has 5 unspecified atom stereocenters. The molecule has 0 aromatic rings. The van der Waals surface area contributed by atoms with E-state index < -0.39 is 6.04 Å². The molecule has 5 heteroatoms. The number of ketones is 1. The van der Waals surface area contributed by atoms with Gasteiger partial charge in [0.05, 0.1) is 11.8 Å². The molecule has 3 aliphatic rings. The van der Waals surface area contributed by atoms with Crippen molar-refractivity contribution in [3.8, 4) is 0 Å². The Morgan fingerprint density at radius 3 is 2.61 bits per heavy atom. The lowest BCUT2D eigenvalue weighted by Crippen LogP contribution is -2.42. The van der Waals surface area contributed by atoms with Gasteiger partial charge in [0.2, 0.25) is 0 Å². The van der Waals surface area contributed by atoms with E-state index in [1.54, 1.807) is 6.92 Å².